The molecule has 0 spiro atoms. The van der Waals surface area contributed by atoms with E-state index in [1.807, 2.05) is 13.8 Å². The Morgan fingerprint density at radius 2 is 2.10 bits per heavy atom. The lowest BCUT2D eigenvalue weighted by Gasteiger charge is -2.19. The van der Waals surface area contributed by atoms with Gasteiger partial charge in [-0.3, -0.25) is 0 Å². The van der Waals surface area contributed by atoms with Gasteiger partial charge >= 0.3 is 0 Å². The Balaban J connectivity index is 0.000000371. The van der Waals surface area contributed by atoms with Crippen molar-refractivity contribution in [2.75, 3.05) is 13.2 Å². The Hall–Kier alpha value is -0.0800. The van der Waals surface area contributed by atoms with E-state index in [-0.39, 0.29) is 12.7 Å². The van der Waals surface area contributed by atoms with Gasteiger partial charge in [0, 0.05) is 6.61 Å². The molecule has 0 radical (unpaired) electrons. The molecule has 1 fully saturated rings. The summed E-state index contributed by atoms with van der Waals surface area (Å²) < 4.78 is 5.18. The second-order valence-electron chi connectivity index (χ2n) is 2.17. The average molecular weight is 146 g/mol. The lowest BCUT2D eigenvalue weighted by atomic mass is 10.1. The zero-order valence-electron chi connectivity index (χ0n) is 6.97. The van der Waals surface area contributed by atoms with Gasteiger partial charge < -0.3 is 9.84 Å². The van der Waals surface area contributed by atoms with Gasteiger partial charge in [-0.2, -0.15) is 0 Å². The fraction of sp³-hybridized carbons (Fsp3) is 1.00. The molecule has 1 saturated heterocycles. The van der Waals surface area contributed by atoms with Gasteiger partial charge in [0.15, 0.2) is 0 Å². The van der Waals surface area contributed by atoms with Crippen molar-refractivity contribution in [1.29, 1.82) is 0 Å². The van der Waals surface area contributed by atoms with E-state index < -0.39 is 0 Å². The molecule has 0 aromatic carbocycles. The van der Waals surface area contributed by atoms with Crippen LogP contribution in [0.1, 0.15) is 33.1 Å². The number of hydrogen-bond acceptors (Lipinski definition) is 2. The molecule has 2 heteroatoms. The minimum atomic E-state index is 0.142. The van der Waals surface area contributed by atoms with Gasteiger partial charge in [-0.15, -0.1) is 0 Å². The third-order valence-electron chi connectivity index (χ3n) is 1.48. The third kappa shape index (κ3) is 3.85. The van der Waals surface area contributed by atoms with Gasteiger partial charge in [0.05, 0.1) is 12.7 Å². The predicted octanol–water partition coefficient (Wildman–Crippen LogP) is 1.57. The van der Waals surface area contributed by atoms with Crippen molar-refractivity contribution in [2.24, 2.45) is 0 Å². The van der Waals surface area contributed by atoms with Gasteiger partial charge in [-0.05, 0) is 19.3 Å². The first kappa shape index (κ1) is 9.92. The summed E-state index contributed by atoms with van der Waals surface area (Å²) in [4.78, 5) is 0. The number of rotatable bonds is 1. The topological polar surface area (TPSA) is 29.5 Å². The SMILES string of the molecule is CC.OC[C@@H]1CCCCO1. The summed E-state index contributed by atoms with van der Waals surface area (Å²) in [5.41, 5.74) is 0. The molecule has 0 bridgehead atoms. The van der Waals surface area contributed by atoms with E-state index in [0.717, 1.165) is 19.4 Å². The summed E-state index contributed by atoms with van der Waals surface area (Å²) in [6.45, 7) is 5.03. The lowest BCUT2D eigenvalue weighted by molar-refractivity contribution is -0.0172. The minimum absolute atomic E-state index is 0.142. The summed E-state index contributed by atoms with van der Waals surface area (Å²) in [7, 11) is 0. The largest absolute Gasteiger partial charge is 0.394 e. The first-order valence-electron chi connectivity index (χ1n) is 4.16. The maximum absolute atomic E-state index is 8.57. The smallest absolute Gasteiger partial charge is 0.0805 e. The molecule has 1 atom stereocenters. The molecule has 62 valence electrons. The van der Waals surface area contributed by atoms with Gasteiger partial charge in [0.25, 0.3) is 0 Å². The minimum Gasteiger partial charge on any atom is -0.394 e. The first-order valence-corrected chi connectivity index (χ1v) is 4.16. The highest BCUT2D eigenvalue weighted by molar-refractivity contribution is 4.60. The van der Waals surface area contributed by atoms with Gasteiger partial charge in [-0.25, -0.2) is 0 Å². The van der Waals surface area contributed by atoms with E-state index in [1.165, 1.54) is 6.42 Å². The molecule has 0 saturated carbocycles. The Bertz CT molecular complexity index is 58.3. The van der Waals surface area contributed by atoms with Crippen LogP contribution in [0.4, 0.5) is 0 Å². The summed E-state index contributed by atoms with van der Waals surface area (Å²) in [6, 6.07) is 0. The van der Waals surface area contributed by atoms with Crippen LogP contribution < -0.4 is 0 Å². The number of ether oxygens (including phenoxy) is 1. The Labute approximate surface area is 63.2 Å². The van der Waals surface area contributed by atoms with Crippen LogP contribution in [-0.2, 0) is 4.74 Å². The van der Waals surface area contributed by atoms with Gasteiger partial charge in [-0.1, -0.05) is 13.8 Å². The van der Waals surface area contributed by atoms with Crippen molar-refractivity contribution in [1.82, 2.24) is 0 Å². The highest BCUT2D eigenvalue weighted by Gasteiger charge is 2.10. The van der Waals surface area contributed by atoms with Gasteiger partial charge in [0.2, 0.25) is 0 Å². The zero-order chi connectivity index (χ0) is 7.82. The molecule has 1 N–H and O–H groups in total. The monoisotopic (exact) mass is 146 g/mol. The van der Waals surface area contributed by atoms with Crippen molar-refractivity contribution in [2.45, 2.75) is 39.2 Å². The number of aliphatic hydroxyl groups excluding tert-OH is 1. The fourth-order valence-corrected chi connectivity index (χ4v) is 0.951. The van der Waals surface area contributed by atoms with Crippen LogP contribution in [0.15, 0.2) is 0 Å². The van der Waals surface area contributed by atoms with Crippen molar-refractivity contribution >= 4 is 0 Å². The van der Waals surface area contributed by atoms with E-state index in [1.54, 1.807) is 0 Å². The van der Waals surface area contributed by atoms with Crippen molar-refractivity contribution in [3.63, 3.8) is 0 Å². The molecule has 0 amide bonds. The van der Waals surface area contributed by atoms with Crippen molar-refractivity contribution in [3.8, 4) is 0 Å². The van der Waals surface area contributed by atoms with Crippen LogP contribution in [0, 0.1) is 0 Å². The molecule has 1 aliphatic heterocycles. The van der Waals surface area contributed by atoms with Crippen LogP contribution in [0.2, 0.25) is 0 Å². The molecule has 10 heavy (non-hydrogen) atoms. The van der Waals surface area contributed by atoms with Crippen LogP contribution >= 0.6 is 0 Å². The molecular formula is C8H18O2. The van der Waals surface area contributed by atoms with E-state index in [2.05, 4.69) is 0 Å². The normalized spacial score (nSPS) is 24.9. The molecule has 1 rings (SSSR count). The van der Waals surface area contributed by atoms with Crippen LogP contribution in [0.25, 0.3) is 0 Å². The maximum atomic E-state index is 8.57. The van der Waals surface area contributed by atoms with Crippen LogP contribution in [0.3, 0.4) is 0 Å². The van der Waals surface area contributed by atoms with E-state index in [9.17, 15) is 0 Å². The third-order valence-corrected chi connectivity index (χ3v) is 1.48. The molecule has 0 aromatic rings. The Morgan fingerprint density at radius 1 is 1.40 bits per heavy atom. The van der Waals surface area contributed by atoms with E-state index in [0.29, 0.717) is 0 Å². The molecule has 1 heterocycles. The average Bonchev–Trinajstić information content (AvgIpc) is 2.10. The standard InChI is InChI=1S/C6H12O2.C2H6/c7-5-6-3-1-2-4-8-6;1-2/h6-7H,1-5H2;1-2H3/t6-;/m0./s1. The van der Waals surface area contributed by atoms with E-state index in [4.69, 9.17) is 9.84 Å². The summed E-state index contributed by atoms with van der Waals surface area (Å²) in [5.74, 6) is 0. The van der Waals surface area contributed by atoms with Crippen LogP contribution in [0.5, 0.6) is 0 Å². The molecule has 0 aliphatic carbocycles. The second kappa shape index (κ2) is 7.03. The number of hydrogen-bond donors (Lipinski definition) is 1. The summed E-state index contributed by atoms with van der Waals surface area (Å²) >= 11 is 0. The molecule has 1 aliphatic rings. The summed E-state index contributed by atoms with van der Waals surface area (Å²) in [5, 5.41) is 8.57. The maximum Gasteiger partial charge on any atom is 0.0805 e. The predicted molar refractivity (Wildman–Crippen MR) is 42.0 cm³/mol. The van der Waals surface area contributed by atoms with Crippen molar-refractivity contribution in [3.05, 3.63) is 0 Å². The molecular weight excluding hydrogens is 128 g/mol. The van der Waals surface area contributed by atoms with Gasteiger partial charge in [0.1, 0.15) is 0 Å². The quantitative estimate of drug-likeness (QED) is 0.608. The summed E-state index contributed by atoms with van der Waals surface area (Å²) in [6.07, 6.45) is 3.56. The zero-order valence-corrected chi connectivity index (χ0v) is 6.97. The van der Waals surface area contributed by atoms with Crippen molar-refractivity contribution < 1.29 is 9.84 Å². The van der Waals surface area contributed by atoms with E-state index >= 15 is 0 Å². The highest BCUT2D eigenvalue weighted by atomic mass is 16.5. The first-order chi connectivity index (χ1) is 4.93. The lowest BCUT2D eigenvalue weighted by Crippen LogP contribution is -2.22. The Morgan fingerprint density at radius 3 is 2.40 bits per heavy atom. The highest BCUT2D eigenvalue weighted by Crippen LogP contribution is 2.10. The Kier molecular flexibility index (Phi) is 6.98. The molecule has 2 nitrogen and oxygen atoms in total. The van der Waals surface area contributed by atoms with Crippen LogP contribution in [-0.4, -0.2) is 24.4 Å². The number of aliphatic hydroxyl groups is 1. The molecule has 0 aromatic heterocycles. The molecule has 0 unspecified atom stereocenters. The second-order valence-corrected chi connectivity index (χ2v) is 2.17. The fourth-order valence-electron chi connectivity index (χ4n) is 0.951.